The zero-order chi connectivity index (χ0) is 16.8. The number of rotatable bonds is 7. The van der Waals surface area contributed by atoms with Crippen molar-refractivity contribution in [1.29, 1.82) is 0 Å². The average molecular weight is 368 g/mol. The molecule has 0 spiro atoms. The maximum absolute atomic E-state index is 6.52. The molecule has 2 rings (SSSR count). The van der Waals surface area contributed by atoms with Crippen LogP contribution in [0.1, 0.15) is 26.7 Å². The molecule has 0 aliphatic carbocycles. The number of anilines is 1. The molecule has 0 radical (unpaired) electrons. The summed E-state index contributed by atoms with van der Waals surface area (Å²) in [7, 11) is 2.15. The maximum Gasteiger partial charge on any atom is 0.0671 e. The molecule has 0 bridgehead atoms. The maximum atomic E-state index is 6.52. The van der Waals surface area contributed by atoms with Gasteiger partial charge in [0.25, 0.3) is 0 Å². The number of thioether (sulfide) groups is 1. The van der Waals surface area contributed by atoms with Gasteiger partial charge in [0.05, 0.1) is 10.0 Å². The van der Waals surface area contributed by atoms with Gasteiger partial charge >= 0.3 is 0 Å². The smallest absolute Gasteiger partial charge is 0.0671 e. The van der Waals surface area contributed by atoms with Crippen LogP contribution < -0.4 is 4.90 Å². The molecule has 0 atom stereocenters. The molecular formula is C19H23Cl2NS. The summed E-state index contributed by atoms with van der Waals surface area (Å²) in [6, 6.07) is 12.3. The van der Waals surface area contributed by atoms with Crippen molar-refractivity contribution in [2.24, 2.45) is 0 Å². The number of hydrogen-bond acceptors (Lipinski definition) is 2. The SMILES string of the molecule is CCCCN(C)c1cccc(SCC)c1-c1cccc(Cl)c1Cl. The van der Waals surface area contributed by atoms with Gasteiger partial charge in [0.15, 0.2) is 0 Å². The minimum Gasteiger partial charge on any atom is -0.374 e. The van der Waals surface area contributed by atoms with Crippen LogP contribution >= 0.6 is 35.0 Å². The van der Waals surface area contributed by atoms with Gasteiger partial charge in [0.1, 0.15) is 0 Å². The summed E-state index contributed by atoms with van der Waals surface area (Å²) in [5, 5.41) is 1.23. The normalized spacial score (nSPS) is 10.8. The van der Waals surface area contributed by atoms with Crippen molar-refractivity contribution >= 4 is 40.7 Å². The van der Waals surface area contributed by atoms with Gasteiger partial charge in [-0.05, 0) is 30.4 Å². The second-order valence-electron chi connectivity index (χ2n) is 5.46. The van der Waals surface area contributed by atoms with Gasteiger partial charge in [-0.1, -0.05) is 61.7 Å². The molecule has 124 valence electrons. The first-order chi connectivity index (χ1) is 11.1. The Hall–Kier alpha value is -0.830. The number of nitrogens with zero attached hydrogens (tertiary/aromatic N) is 1. The van der Waals surface area contributed by atoms with Crippen LogP contribution in [0.2, 0.25) is 10.0 Å². The summed E-state index contributed by atoms with van der Waals surface area (Å²) < 4.78 is 0. The molecule has 0 aliphatic heterocycles. The van der Waals surface area contributed by atoms with Crippen LogP contribution in [0, 0.1) is 0 Å². The fraction of sp³-hybridized carbons (Fsp3) is 0.368. The highest BCUT2D eigenvalue weighted by molar-refractivity contribution is 7.99. The van der Waals surface area contributed by atoms with Crippen LogP contribution in [0.5, 0.6) is 0 Å². The second kappa shape index (κ2) is 8.86. The van der Waals surface area contributed by atoms with Gasteiger partial charge < -0.3 is 4.90 Å². The van der Waals surface area contributed by atoms with Crippen LogP contribution in [-0.2, 0) is 0 Å². The third kappa shape index (κ3) is 4.37. The first-order valence-corrected chi connectivity index (χ1v) is 9.75. The standard InChI is InChI=1S/C19H23Cl2NS/c1-4-6-13-22(3)16-11-8-12-17(23-5-2)18(16)14-9-7-10-15(20)19(14)21/h7-12H,4-6,13H2,1-3H3. The summed E-state index contributed by atoms with van der Waals surface area (Å²) >= 11 is 14.6. The van der Waals surface area contributed by atoms with Gasteiger partial charge in [-0.3, -0.25) is 0 Å². The highest BCUT2D eigenvalue weighted by atomic mass is 35.5. The van der Waals surface area contributed by atoms with Crippen LogP contribution in [0.4, 0.5) is 5.69 Å². The minimum atomic E-state index is 0.600. The molecule has 0 amide bonds. The largest absolute Gasteiger partial charge is 0.374 e. The van der Waals surface area contributed by atoms with E-state index in [1.54, 1.807) is 0 Å². The minimum absolute atomic E-state index is 0.600. The number of unbranched alkanes of at least 4 members (excludes halogenated alkanes) is 1. The van der Waals surface area contributed by atoms with Crippen molar-refractivity contribution in [3.8, 4) is 11.1 Å². The topological polar surface area (TPSA) is 3.24 Å². The highest BCUT2D eigenvalue weighted by Crippen LogP contribution is 2.43. The summed E-state index contributed by atoms with van der Waals surface area (Å²) in [4.78, 5) is 3.56. The number of benzene rings is 2. The van der Waals surface area contributed by atoms with Gasteiger partial charge in [-0.25, -0.2) is 0 Å². The Kier molecular flexibility index (Phi) is 7.13. The van der Waals surface area contributed by atoms with Gasteiger partial charge in [-0.15, -0.1) is 11.8 Å². The van der Waals surface area contributed by atoms with E-state index in [2.05, 4.69) is 50.1 Å². The Balaban J connectivity index is 2.59. The van der Waals surface area contributed by atoms with Crippen molar-refractivity contribution in [3.05, 3.63) is 46.4 Å². The number of halogens is 2. The van der Waals surface area contributed by atoms with E-state index >= 15 is 0 Å². The summed E-state index contributed by atoms with van der Waals surface area (Å²) in [5.74, 6) is 1.02. The Morgan fingerprint density at radius 1 is 1.04 bits per heavy atom. The lowest BCUT2D eigenvalue weighted by atomic mass is 10.0. The third-order valence-corrected chi connectivity index (χ3v) is 5.54. The van der Waals surface area contributed by atoms with E-state index in [-0.39, 0.29) is 0 Å². The van der Waals surface area contributed by atoms with Gasteiger partial charge in [-0.2, -0.15) is 0 Å². The summed E-state index contributed by atoms with van der Waals surface area (Å²) in [6.45, 7) is 5.41. The molecule has 0 saturated carbocycles. The first-order valence-electron chi connectivity index (χ1n) is 8.01. The van der Waals surface area contributed by atoms with Crippen molar-refractivity contribution in [3.63, 3.8) is 0 Å². The predicted molar refractivity (Wildman–Crippen MR) is 106 cm³/mol. The lowest BCUT2D eigenvalue weighted by Gasteiger charge is -2.25. The third-order valence-electron chi connectivity index (χ3n) is 3.78. The molecule has 0 saturated heterocycles. The van der Waals surface area contributed by atoms with Crippen molar-refractivity contribution in [1.82, 2.24) is 0 Å². The molecule has 4 heteroatoms. The molecule has 0 aliphatic rings. The van der Waals surface area contributed by atoms with Crippen LogP contribution in [0.15, 0.2) is 41.3 Å². The zero-order valence-corrected chi connectivity index (χ0v) is 16.2. The Bertz CT molecular complexity index is 658. The van der Waals surface area contributed by atoms with Crippen molar-refractivity contribution < 1.29 is 0 Å². The Morgan fingerprint density at radius 2 is 1.78 bits per heavy atom. The second-order valence-corrected chi connectivity index (χ2v) is 7.55. The van der Waals surface area contributed by atoms with Gasteiger partial charge in [0.2, 0.25) is 0 Å². The average Bonchev–Trinajstić information content (AvgIpc) is 2.55. The molecule has 2 aromatic rings. The van der Waals surface area contributed by atoms with E-state index in [1.165, 1.54) is 29.0 Å². The van der Waals surface area contributed by atoms with Gasteiger partial charge in [0, 0.05) is 35.3 Å². The van der Waals surface area contributed by atoms with E-state index in [1.807, 2.05) is 23.9 Å². The molecule has 0 heterocycles. The molecule has 1 nitrogen and oxygen atoms in total. The quantitative estimate of drug-likeness (QED) is 0.484. The van der Waals surface area contributed by atoms with E-state index in [4.69, 9.17) is 23.2 Å². The fourth-order valence-electron chi connectivity index (χ4n) is 2.60. The predicted octanol–water partition coefficient (Wildman–Crippen LogP) is 7.01. The van der Waals surface area contributed by atoms with Crippen molar-refractivity contribution in [2.45, 2.75) is 31.6 Å². The van der Waals surface area contributed by atoms with E-state index in [0.717, 1.165) is 17.9 Å². The molecule has 0 aromatic heterocycles. The van der Waals surface area contributed by atoms with E-state index in [0.29, 0.717) is 10.0 Å². The van der Waals surface area contributed by atoms with E-state index < -0.39 is 0 Å². The lowest BCUT2D eigenvalue weighted by molar-refractivity contribution is 0.766. The molecule has 23 heavy (non-hydrogen) atoms. The zero-order valence-electron chi connectivity index (χ0n) is 13.9. The van der Waals surface area contributed by atoms with Crippen LogP contribution in [-0.4, -0.2) is 19.3 Å². The Morgan fingerprint density at radius 3 is 2.48 bits per heavy atom. The molecule has 0 fully saturated rings. The highest BCUT2D eigenvalue weighted by Gasteiger charge is 2.17. The fourth-order valence-corrected chi connectivity index (χ4v) is 3.84. The lowest BCUT2D eigenvalue weighted by Crippen LogP contribution is -2.19. The Labute approximate surface area is 154 Å². The first kappa shape index (κ1) is 18.5. The van der Waals surface area contributed by atoms with E-state index in [9.17, 15) is 0 Å². The monoisotopic (exact) mass is 367 g/mol. The van der Waals surface area contributed by atoms with Crippen LogP contribution in [0.25, 0.3) is 11.1 Å². The summed E-state index contributed by atoms with van der Waals surface area (Å²) in [5.41, 5.74) is 3.40. The molecule has 2 aromatic carbocycles. The molecule has 0 N–H and O–H groups in total. The molecular weight excluding hydrogens is 345 g/mol. The van der Waals surface area contributed by atoms with Crippen molar-refractivity contribution in [2.75, 3.05) is 24.2 Å². The molecule has 0 unspecified atom stereocenters. The summed E-state index contributed by atoms with van der Waals surface area (Å²) in [6.07, 6.45) is 2.35. The van der Waals surface area contributed by atoms with Crippen LogP contribution in [0.3, 0.4) is 0 Å². The number of hydrogen-bond donors (Lipinski definition) is 0.